The highest BCUT2D eigenvalue weighted by Gasteiger charge is 2.10. The third-order valence-electron chi connectivity index (χ3n) is 3.01. The smallest absolute Gasteiger partial charge is 0.0888 e. The third kappa shape index (κ3) is 2.47. The van der Waals surface area contributed by atoms with Gasteiger partial charge in [0.2, 0.25) is 0 Å². The van der Waals surface area contributed by atoms with Crippen molar-refractivity contribution in [1.82, 2.24) is 15.1 Å². The van der Waals surface area contributed by atoms with E-state index in [0.717, 1.165) is 42.3 Å². The molecule has 16 heavy (non-hydrogen) atoms. The Bertz CT molecular complexity index is 397. The first-order valence-corrected chi connectivity index (χ1v) is 6.15. The number of hydrogen-bond acceptors (Lipinski definition) is 2. The fourth-order valence-electron chi connectivity index (χ4n) is 2.08. The number of aromatic nitrogens is 2. The van der Waals surface area contributed by atoms with Crippen LogP contribution in [0, 0.1) is 6.92 Å². The molecular weight excluding hydrogens is 222 g/mol. The van der Waals surface area contributed by atoms with Crippen LogP contribution in [-0.2, 0) is 7.05 Å². The Morgan fingerprint density at radius 2 is 2.19 bits per heavy atom. The van der Waals surface area contributed by atoms with Crippen LogP contribution in [0.2, 0.25) is 5.02 Å². The lowest BCUT2D eigenvalue weighted by Gasteiger charge is -2.03. The maximum atomic E-state index is 6.23. The van der Waals surface area contributed by atoms with Crippen LogP contribution in [0.3, 0.4) is 0 Å². The summed E-state index contributed by atoms with van der Waals surface area (Å²) in [7, 11) is 1.94. The summed E-state index contributed by atoms with van der Waals surface area (Å²) in [5.41, 5.74) is 3.41. The van der Waals surface area contributed by atoms with Crippen molar-refractivity contribution < 1.29 is 0 Å². The second-order valence-corrected chi connectivity index (χ2v) is 4.69. The lowest BCUT2D eigenvalue weighted by Crippen LogP contribution is -2.13. The Kier molecular flexibility index (Phi) is 3.66. The van der Waals surface area contributed by atoms with Gasteiger partial charge in [-0.3, -0.25) is 4.68 Å². The highest BCUT2D eigenvalue weighted by atomic mass is 35.5. The van der Waals surface area contributed by atoms with Gasteiger partial charge in [0, 0.05) is 7.05 Å². The molecule has 0 aromatic carbocycles. The largest absolute Gasteiger partial charge is 0.316 e. The Balaban J connectivity index is 2.26. The Morgan fingerprint density at radius 1 is 1.38 bits per heavy atom. The molecule has 1 saturated heterocycles. The third-order valence-corrected chi connectivity index (χ3v) is 3.47. The van der Waals surface area contributed by atoms with Gasteiger partial charge in [-0.2, -0.15) is 5.10 Å². The highest BCUT2D eigenvalue weighted by Crippen LogP contribution is 2.24. The molecule has 2 heterocycles. The molecule has 1 aliphatic rings. The minimum absolute atomic E-state index is 0.784. The quantitative estimate of drug-likeness (QED) is 0.816. The molecule has 0 unspecified atom stereocenters. The van der Waals surface area contributed by atoms with Crippen molar-refractivity contribution in [3.63, 3.8) is 0 Å². The van der Waals surface area contributed by atoms with Gasteiger partial charge < -0.3 is 5.32 Å². The van der Waals surface area contributed by atoms with E-state index in [1.807, 2.05) is 18.7 Å². The lowest BCUT2D eigenvalue weighted by molar-refractivity contribution is 0.703. The SMILES string of the molecule is Cc1nn(C)c(/C=C2/CCCNCC2)c1Cl. The number of halogens is 1. The van der Waals surface area contributed by atoms with Crippen molar-refractivity contribution in [2.24, 2.45) is 7.05 Å². The predicted octanol–water partition coefficient (Wildman–Crippen LogP) is 2.54. The van der Waals surface area contributed by atoms with Crippen molar-refractivity contribution in [1.29, 1.82) is 0 Å². The summed E-state index contributed by atoms with van der Waals surface area (Å²) < 4.78 is 1.86. The van der Waals surface area contributed by atoms with Gasteiger partial charge in [0.1, 0.15) is 0 Å². The Labute approximate surface area is 101 Å². The molecule has 0 aliphatic carbocycles. The van der Waals surface area contributed by atoms with Gasteiger partial charge in [-0.1, -0.05) is 17.2 Å². The molecule has 0 amide bonds. The summed E-state index contributed by atoms with van der Waals surface area (Å²) in [6, 6.07) is 0. The summed E-state index contributed by atoms with van der Waals surface area (Å²) in [4.78, 5) is 0. The normalized spacial score (nSPS) is 20.1. The van der Waals surface area contributed by atoms with Crippen LogP contribution in [0.15, 0.2) is 5.57 Å². The lowest BCUT2D eigenvalue weighted by atomic mass is 10.1. The van der Waals surface area contributed by atoms with Gasteiger partial charge in [-0.15, -0.1) is 0 Å². The van der Waals surface area contributed by atoms with Gasteiger partial charge in [-0.05, 0) is 45.4 Å². The average molecular weight is 240 g/mol. The second kappa shape index (κ2) is 5.02. The molecule has 1 aromatic rings. The topological polar surface area (TPSA) is 29.9 Å². The first-order valence-electron chi connectivity index (χ1n) is 5.77. The molecule has 0 atom stereocenters. The zero-order valence-corrected chi connectivity index (χ0v) is 10.6. The number of nitrogens with zero attached hydrogens (tertiary/aromatic N) is 2. The molecule has 1 aliphatic heterocycles. The molecular formula is C12H18ClN3. The molecule has 0 bridgehead atoms. The van der Waals surface area contributed by atoms with Crippen LogP contribution in [0.5, 0.6) is 0 Å². The first-order chi connectivity index (χ1) is 7.68. The molecule has 0 spiro atoms. The fourth-order valence-corrected chi connectivity index (χ4v) is 2.30. The van der Waals surface area contributed by atoms with Crippen LogP contribution in [-0.4, -0.2) is 22.9 Å². The molecule has 0 saturated carbocycles. The summed E-state index contributed by atoms with van der Waals surface area (Å²) in [5, 5.41) is 8.51. The van der Waals surface area contributed by atoms with Crippen LogP contribution >= 0.6 is 11.6 Å². The summed E-state index contributed by atoms with van der Waals surface area (Å²) in [6.07, 6.45) is 5.68. The van der Waals surface area contributed by atoms with E-state index in [-0.39, 0.29) is 0 Å². The van der Waals surface area contributed by atoms with Gasteiger partial charge >= 0.3 is 0 Å². The van der Waals surface area contributed by atoms with E-state index in [1.165, 1.54) is 12.0 Å². The number of hydrogen-bond donors (Lipinski definition) is 1. The van der Waals surface area contributed by atoms with E-state index in [0.29, 0.717) is 0 Å². The monoisotopic (exact) mass is 239 g/mol. The molecule has 0 radical (unpaired) electrons. The molecule has 2 rings (SSSR count). The van der Waals surface area contributed by atoms with Gasteiger partial charge in [0.15, 0.2) is 0 Å². The standard InChI is InChI=1S/C12H18ClN3/c1-9-12(13)11(16(2)15-9)8-10-4-3-6-14-7-5-10/h8,14H,3-7H2,1-2H3/b10-8-. The van der Waals surface area contributed by atoms with E-state index in [1.54, 1.807) is 0 Å². The van der Waals surface area contributed by atoms with E-state index >= 15 is 0 Å². The second-order valence-electron chi connectivity index (χ2n) is 4.31. The number of aryl methyl sites for hydroxylation is 2. The van der Waals surface area contributed by atoms with E-state index < -0.39 is 0 Å². The average Bonchev–Trinajstić information content (AvgIpc) is 2.51. The van der Waals surface area contributed by atoms with Gasteiger partial charge in [-0.25, -0.2) is 0 Å². The highest BCUT2D eigenvalue weighted by molar-refractivity contribution is 6.32. The predicted molar refractivity (Wildman–Crippen MR) is 67.7 cm³/mol. The Hall–Kier alpha value is -0.800. The van der Waals surface area contributed by atoms with Crippen LogP contribution < -0.4 is 5.32 Å². The van der Waals surface area contributed by atoms with E-state index in [9.17, 15) is 0 Å². The molecule has 1 N–H and O–H groups in total. The maximum absolute atomic E-state index is 6.23. The van der Waals surface area contributed by atoms with Crippen molar-refractivity contribution in [2.75, 3.05) is 13.1 Å². The van der Waals surface area contributed by atoms with Crippen molar-refractivity contribution in [3.8, 4) is 0 Å². The zero-order valence-electron chi connectivity index (χ0n) is 9.89. The molecule has 88 valence electrons. The van der Waals surface area contributed by atoms with Gasteiger partial charge in [0.05, 0.1) is 16.4 Å². The van der Waals surface area contributed by atoms with Gasteiger partial charge in [0.25, 0.3) is 0 Å². The molecule has 4 heteroatoms. The minimum Gasteiger partial charge on any atom is -0.316 e. The molecule has 3 nitrogen and oxygen atoms in total. The molecule has 1 fully saturated rings. The number of rotatable bonds is 1. The summed E-state index contributed by atoms with van der Waals surface area (Å²) in [6.45, 7) is 4.13. The Morgan fingerprint density at radius 3 is 2.88 bits per heavy atom. The van der Waals surface area contributed by atoms with Crippen molar-refractivity contribution >= 4 is 17.7 Å². The maximum Gasteiger partial charge on any atom is 0.0888 e. The van der Waals surface area contributed by atoms with E-state index in [2.05, 4.69) is 16.5 Å². The summed E-state index contributed by atoms with van der Waals surface area (Å²) >= 11 is 6.23. The zero-order chi connectivity index (χ0) is 11.5. The fraction of sp³-hybridized carbons (Fsp3) is 0.583. The summed E-state index contributed by atoms with van der Waals surface area (Å²) in [5.74, 6) is 0. The van der Waals surface area contributed by atoms with Crippen molar-refractivity contribution in [3.05, 3.63) is 22.0 Å². The first kappa shape index (κ1) is 11.7. The van der Waals surface area contributed by atoms with Crippen molar-refractivity contribution in [2.45, 2.75) is 26.2 Å². The van der Waals surface area contributed by atoms with Crippen LogP contribution in [0.4, 0.5) is 0 Å². The van der Waals surface area contributed by atoms with E-state index in [4.69, 9.17) is 11.6 Å². The van der Waals surface area contributed by atoms with Crippen LogP contribution in [0.1, 0.15) is 30.7 Å². The minimum atomic E-state index is 0.784. The molecule has 1 aromatic heterocycles. The number of nitrogens with one attached hydrogen (secondary N) is 1. The van der Waals surface area contributed by atoms with Crippen LogP contribution in [0.25, 0.3) is 6.08 Å².